The highest BCUT2D eigenvalue weighted by Crippen LogP contribution is 2.26. The fraction of sp³-hybridized carbons (Fsp3) is 0.667. The molecule has 0 aliphatic rings. The Morgan fingerprint density at radius 1 is 1.47 bits per heavy atom. The average molecular weight is 282 g/mol. The maximum absolute atomic E-state index is 11.7. The summed E-state index contributed by atoms with van der Waals surface area (Å²) in [4.78, 5) is 13.1. The molecule has 1 atom stereocenters. The first-order valence-electron chi connectivity index (χ1n) is 6.99. The van der Waals surface area contributed by atoms with Crippen LogP contribution in [0.4, 0.5) is 0 Å². The second-order valence-corrected chi connectivity index (χ2v) is 6.67. The Morgan fingerprint density at radius 2 is 2.21 bits per heavy atom. The topological polar surface area (TPSA) is 41.1 Å². The SMILES string of the molecule is CCCC(C)NC(=O)CNCC(C)(C)c1cccs1. The number of nitrogens with one attached hydrogen (secondary N) is 2. The smallest absolute Gasteiger partial charge is 0.234 e. The van der Waals surface area contributed by atoms with Gasteiger partial charge in [-0.1, -0.05) is 33.3 Å². The van der Waals surface area contributed by atoms with Crippen LogP contribution in [0.1, 0.15) is 45.4 Å². The molecule has 19 heavy (non-hydrogen) atoms. The summed E-state index contributed by atoms with van der Waals surface area (Å²) >= 11 is 1.77. The monoisotopic (exact) mass is 282 g/mol. The lowest BCUT2D eigenvalue weighted by atomic mass is 9.91. The van der Waals surface area contributed by atoms with Gasteiger partial charge >= 0.3 is 0 Å². The molecule has 0 saturated heterocycles. The first kappa shape index (κ1) is 16.2. The van der Waals surface area contributed by atoms with E-state index in [0.29, 0.717) is 6.54 Å². The molecule has 108 valence electrons. The zero-order valence-corrected chi connectivity index (χ0v) is 13.3. The molecule has 0 bridgehead atoms. The van der Waals surface area contributed by atoms with Crippen molar-refractivity contribution in [3.63, 3.8) is 0 Å². The number of thiophene rings is 1. The van der Waals surface area contributed by atoms with E-state index in [0.717, 1.165) is 19.4 Å². The van der Waals surface area contributed by atoms with Gasteiger partial charge in [0.2, 0.25) is 5.91 Å². The van der Waals surface area contributed by atoms with Crippen LogP contribution in [0.5, 0.6) is 0 Å². The molecule has 1 heterocycles. The van der Waals surface area contributed by atoms with E-state index >= 15 is 0 Å². The van der Waals surface area contributed by atoms with Crippen molar-refractivity contribution in [1.29, 1.82) is 0 Å². The van der Waals surface area contributed by atoms with E-state index in [-0.39, 0.29) is 17.4 Å². The maximum atomic E-state index is 11.7. The van der Waals surface area contributed by atoms with Crippen molar-refractivity contribution < 1.29 is 4.79 Å². The minimum absolute atomic E-state index is 0.0729. The second kappa shape index (κ2) is 7.65. The van der Waals surface area contributed by atoms with E-state index in [9.17, 15) is 4.79 Å². The summed E-state index contributed by atoms with van der Waals surface area (Å²) in [6.45, 7) is 9.78. The standard InChI is InChI=1S/C15H26N2OS/c1-5-7-12(2)17-14(18)10-16-11-15(3,4)13-8-6-9-19-13/h6,8-9,12,16H,5,7,10-11H2,1-4H3,(H,17,18). The van der Waals surface area contributed by atoms with Crippen molar-refractivity contribution >= 4 is 17.2 Å². The van der Waals surface area contributed by atoms with Gasteiger partial charge in [-0.15, -0.1) is 11.3 Å². The second-order valence-electron chi connectivity index (χ2n) is 5.72. The first-order valence-corrected chi connectivity index (χ1v) is 7.87. The van der Waals surface area contributed by atoms with Gasteiger partial charge in [-0.3, -0.25) is 4.79 Å². The van der Waals surface area contributed by atoms with Gasteiger partial charge in [0, 0.05) is 22.9 Å². The van der Waals surface area contributed by atoms with E-state index in [1.165, 1.54) is 4.88 Å². The summed E-state index contributed by atoms with van der Waals surface area (Å²) < 4.78 is 0. The third-order valence-electron chi connectivity index (χ3n) is 3.17. The fourth-order valence-electron chi connectivity index (χ4n) is 2.07. The fourth-order valence-corrected chi connectivity index (χ4v) is 2.92. The highest BCUT2D eigenvalue weighted by molar-refractivity contribution is 7.10. The number of carbonyl (C=O) groups is 1. The molecule has 2 N–H and O–H groups in total. The number of amides is 1. The van der Waals surface area contributed by atoms with Crippen LogP contribution in [0.15, 0.2) is 17.5 Å². The van der Waals surface area contributed by atoms with Crippen molar-refractivity contribution in [2.24, 2.45) is 0 Å². The summed E-state index contributed by atoms with van der Waals surface area (Å²) in [5.41, 5.74) is 0.0729. The average Bonchev–Trinajstić information content (AvgIpc) is 2.82. The number of rotatable bonds is 8. The van der Waals surface area contributed by atoms with Crippen LogP contribution >= 0.6 is 11.3 Å². The van der Waals surface area contributed by atoms with Crippen LogP contribution in [0.25, 0.3) is 0 Å². The largest absolute Gasteiger partial charge is 0.353 e. The van der Waals surface area contributed by atoms with Gasteiger partial charge in [0.05, 0.1) is 6.54 Å². The highest BCUT2D eigenvalue weighted by Gasteiger charge is 2.21. The number of carbonyl (C=O) groups excluding carboxylic acids is 1. The maximum Gasteiger partial charge on any atom is 0.234 e. The minimum atomic E-state index is 0.0729. The molecule has 1 rings (SSSR count). The Kier molecular flexibility index (Phi) is 6.52. The van der Waals surface area contributed by atoms with Crippen LogP contribution in [0.3, 0.4) is 0 Å². The number of hydrogen-bond acceptors (Lipinski definition) is 3. The van der Waals surface area contributed by atoms with E-state index < -0.39 is 0 Å². The summed E-state index contributed by atoms with van der Waals surface area (Å²) in [5.74, 6) is 0.0860. The van der Waals surface area contributed by atoms with Gasteiger partial charge in [0.1, 0.15) is 0 Å². The molecule has 0 spiro atoms. The molecular formula is C15H26N2OS. The van der Waals surface area contributed by atoms with Crippen LogP contribution in [-0.4, -0.2) is 25.0 Å². The van der Waals surface area contributed by atoms with E-state index in [1.54, 1.807) is 11.3 Å². The first-order chi connectivity index (χ1) is 8.95. The third-order valence-corrected chi connectivity index (χ3v) is 4.41. The Hall–Kier alpha value is -0.870. The van der Waals surface area contributed by atoms with Gasteiger partial charge in [-0.25, -0.2) is 0 Å². The lowest BCUT2D eigenvalue weighted by Crippen LogP contribution is -2.42. The van der Waals surface area contributed by atoms with Crippen molar-refractivity contribution in [2.75, 3.05) is 13.1 Å². The van der Waals surface area contributed by atoms with Crippen LogP contribution in [-0.2, 0) is 10.2 Å². The summed E-state index contributed by atoms with van der Waals surface area (Å²) in [6, 6.07) is 4.49. The predicted octanol–water partition coefficient (Wildman–Crippen LogP) is 2.92. The van der Waals surface area contributed by atoms with Gasteiger partial charge in [-0.2, -0.15) is 0 Å². The van der Waals surface area contributed by atoms with Crippen LogP contribution in [0, 0.1) is 0 Å². The molecule has 0 saturated carbocycles. The van der Waals surface area contributed by atoms with E-state index in [1.807, 2.05) is 0 Å². The molecule has 0 aliphatic heterocycles. The highest BCUT2D eigenvalue weighted by atomic mass is 32.1. The van der Waals surface area contributed by atoms with Crippen molar-refractivity contribution in [1.82, 2.24) is 10.6 Å². The molecule has 1 aromatic rings. The zero-order chi connectivity index (χ0) is 14.3. The third kappa shape index (κ3) is 5.74. The lowest BCUT2D eigenvalue weighted by molar-refractivity contribution is -0.120. The molecule has 1 unspecified atom stereocenters. The Balaban J connectivity index is 2.28. The molecule has 0 aromatic carbocycles. The van der Waals surface area contributed by atoms with Crippen molar-refractivity contribution in [2.45, 2.75) is 52.0 Å². The Bertz CT molecular complexity index is 374. The summed E-state index contributed by atoms with van der Waals surface area (Å²) in [6.07, 6.45) is 2.13. The lowest BCUT2D eigenvalue weighted by Gasteiger charge is -2.24. The number of hydrogen-bond donors (Lipinski definition) is 2. The zero-order valence-electron chi connectivity index (χ0n) is 12.5. The van der Waals surface area contributed by atoms with Gasteiger partial charge < -0.3 is 10.6 Å². The Labute approximate surface area is 120 Å². The minimum Gasteiger partial charge on any atom is -0.353 e. The van der Waals surface area contributed by atoms with Gasteiger partial charge in [0.25, 0.3) is 0 Å². The molecule has 0 radical (unpaired) electrons. The molecule has 3 nitrogen and oxygen atoms in total. The molecular weight excluding hydrogens is 256 g/mol. The normalized spacial score (nSPS) is 13.3. The van der Waals surface area contributed by atoms with E-state index in [4.69, 9.17) is 0 Å². The van der Waals surface area contributed by atoms with E-state index in [2.05, 4.69) is 55.8 Å². The van der Waals surface area contributed by atoms with Gasteiger partial charge in [-0.05, 0) is 24.8 Å². The van der Waals surface area contributed by atoms with Crippen LogP contribution < -0.4 is 10.6 Å². The molecule has 1 aromatic heterocycles. The van der Waals surface area contributed by atoms with Crippen molar-refractivity contribution in [3.05, 3.63) is 22.4 Å². The summed E-state index contributed by atoms with van der Waals surface area (Å²) in [5, 5.41) is 8.35. The molecule has 4 heteroatoms. The predicted molar refractivity (Wildman–Crippen MR) is 82.7 cm³/mol. The summed E-state index contributed by atoms with van der Waals surface area (Å²) in [7, 11) is 0. The molecule has 0 fully saturated rings. The molecule has 1 amide bonds. The van der Waals surface area contributed by atoms with Gasteiger partial charge in [0.15, 0.2) is 0 Å². The van der Waals surface area contributed by atoms with Crippen LogP contribution in [0.2, 0.25) is 0 Å². The Morgan fingerprint density at radius 3 is 2.79 bits per heavy atom. The quantitative estimate of drug-likeness (QED) is 0.770. The molecule has 0 aliphatic carbocycles. The van der Waals surface area contributed by atoms with Crippen molar-refractivity contribution in [3.8, 4) is 0 Å².